The summed E-state index contributed by atoms with van der Waals surface area (Å²) < 4.78 is 5.49. The van der Waals surface area contributed by atoms with Crippen molar-refractivity contribution in [3.63, 3.8) is 0 Å². The molecule has 0 radical (unpaired) electrons. The Hall–Kier alpha value is -1.40. The normalized spacial score (nSPS) is 12.5. The topological polar surface area (TPSA) is 95.9 Å². The van der Waals surface area contributed by atoms with Crippen LogP contribution in [0.1, 0.15) is 399 Å². The Balaban J connectivity index is 3.40. The van der Waals surface area contributed by atoms with E-state index in [1.54, 1.807) is 6.08 Å². The van der Waals surface area contributed by atoms with Crippen LogP contribution < -0.4 is 5.32 Å². The predicted molar refractivity (Wildman–Crippen MR) is 333 cm³/mol. The molecule has 0 aliphatic heterocycles. The third kappa shape index (κ3) is 61.8. The average molecular weight is 1070 g/mol. The van der Waals surface area contributed by atoms with E-state index in [0.29, 0.717) is 19.4 Å². The van der Waals surface area contributed by atoms with E-state index in [1.165, 1.54) is 334 Å². The molecule has 0 fully saturated rings. The largest absolute Gasteiger partial charge is 0.466 e. The van der Waals surface area contributed by atoms with Gasteiger partial charge in [0.05, 0.1) is 25.4 Å². The van der Waals surface area contributed by atoms with Gasteiger partial charge in [-0.15, -0.1) is 0 Å². The summed E-state index contributed by atoms with van der Waals surface area (Å²) in [6.45, 7) is 4.95. The molecule has 0 saturated heterocycles. The van der Waals surface area contributed by atoms with Crippen LogP contribution in [0.25, 0.3) is 0 Å². The predicted octanol–water partition coefficient (Wildman–Crippen LogP) is 22.4. The van der Waals surface area contributed by atoms with E-state index in [-0.39, 0.29) is 18.5 Å². The van der Waals surface area contributed by atoms with Crippen LogP contribution in [0.4, 0.5) is 0 Å². The van der Waals surface area contributed by atoms with Crippen molar-refractivity contribution in [2.24, 2.45) is 0 Å². The molecule has 6 heteroatoms. The minimum atomic E-state index is -0.845. The zero-order chi connectivity index (χ0) is 55.0. The second kappa shape index (κ2) is 66.1. The third-order valence-electron chi connectivity index (χ3n) is 16.6. The van der Waals surface area contributed by atoms with E-state index in [4.69, 9.17) is 4.74 Å². The van der Waals surface area contributed by atoms with Crippen LogP contribution in [-0.4, -0.2) is 47.4 Å². The SMILES string of the molecule is CCCCCCCCCCCCCCCCCCCCCCC/C=C/C(O)C(CO)NC(=O)CCCCCCCCCCCCCCCCCCCCCCCCCOC(=O)CCCCCCCCCCCCCCC. The summed E-state index contributed by atoms with van der Waals surface area (Å²) in [5.41, 5.74) is 0. The van der Waals surface area contributed by atoms with E-state index in [2.05, 4.69) is 19.2 Å². The molecule has 0 aliphatic rings. The summed E-state index contributed by atoms with van der Waals surface area (Å²) in [5.74, 6) is -0.0460. The number of hydrogen-bond acceptors (Lipinski definition) is 5. The van der Waals surface area contributed by atoms with Gasteiger partial charge in [-0.1, -0.05) is 366 Å². The van der Waals surface area contributed by atoms with E-state index >= 15 is 0 Å². The first-order valence-corrected chi connectivity index (χ1v) is 35.0. The molecule has 0 heterocycles. The van der Waals surface area contributed by atoms with Gasteiger partial charge in [0, 0.05) is 12.8 Å². The number of unbranched alkanes of at least 4 members (excludes halogenated alkanes) is 55. The summed E-state index contributed by atoms with van der Waals surface area (Å²) in [6, 6.07) is -0.628. The van der Waals surface area contributed by atoms with Gasteiger partial charge in [-0.2, -0.15) is 0 Å². The number of rotatable bonds is 66. The highest BCUT2D eigenvalue weighted by Gasteiger charge is 2.18. The first-order valence-electron chi connectivity index (χ1n) is 35.0. The Morgan fingerprint density at radius 3 is 0.895 bits per heavy atom. The molecule has 2 atom stereocenters. The highest BCUT2D eigenvalue weighted by molar-refractivity contribution is 5.76. The molecule has 0 aliphatic carbocycles. The number of nitrogens with one attached hydrogen (secondary N) is 1. The van der Waals surface area contributed by atoms with Crippen LogP contribution in [0.2, 0.25) is 0 Å². The van der Waals surface area contributed by atoms with Crippen LogP contribution in [0.5, 0.6) is 0 Å². The molecule has 0 saturated carbocycles. The lowest BCUT2D eigenvalue weighted by molar-refractivity contribution is -0.143. The summed E-state index contributed by atoms with van der Waals surface area (Å²) >= 11 is 0. The van der Waals surface area contributed by atoms with E-state index in [1.807, 2.05) is 6.08 Å². The van der Waals surface area contributed by atoms with Crippen molar-refractivity contribution >= 4 is 11.9 Å². The number of carbonyl (C=O) groups excluding carboxylic acids is 2. The van der Waals surface area contributed by atoms with Gasteiger partial charge in [0.1, 0.15) is 0 Å². The van der Waals surface area contributed by atoms with Crippen molar-refractivity contribution in [2.45, 2.75) is 411 Å². The van der Waals surface area contributed by atoms with Gasteiger partial charge >= 0.3 is 5.97 Å². The van der Waals surface area contributed by atoms with Crippen LogP contribution in [-0.2, 0) is 14.3 Å². The fraction of sp³-hybridized carbons (Fsp3) is 0.943. The molecule has 0 rings (SSSR count). The lowest BCUT2D eigenvalue weighted by Crippen LogP contribution is -2.45. The number of hydrogen-bond donors (Lipinski definition) is 3. The molecule has 0 aromatic carbocycles. The van der Waals surface area contributed by atoms with Crippen molar-refractivity contribution in [2.75, 3.05) is 13.2 Å². The summed E-state index contributed by atoms with van der Waals surface area (Å²) in [6.07, 6.45) is 81.4. The Bertz CT molecular complexity index is 1140. The number of esters is 1. The molecule has 6 nitrogen and oxygen atoms in total. The van der Waals surface area contributed by atoms with Crippen molar-refractivity contribution in [1.29, 1.82) is 0 Å². The van der Waals surface area contributed by atoms with Gasteiger partial charge < -0.3 is 20.3 Å². The van der Waals surface area contributed by atoms with Crippen molar-refractivity contribution in [3.05, 3.63) is 12.2 Å². The minimum absolute atomic E-state index is 0.0165. The van der Waals surface area contributed by atoms with Gasteiger partial charge in [-0.05, 0) is 32.1 Å². The molecule has 0 bridgehead atoms. The highest BCUT2D eigenvalue weighted by atomic mass is 16.5. The summed E-state index contributed by atoms with van der Waals surface area (Å²) in [7, 11) is 0. The molecule has 0 aromatic heterocycles. The standard InChI is InChI=1S/C70H137NO5/c1-3-5-7-9-11-13-15-17-18-19-20-21-23-26-29-32-35-39-42-46-50-54-58-62-68(73)67(66-72)71-69(74)63-59-55-51-47-43-40-36-33-30-27-24-22-25-28-31-34-37-41-45-49-53-57-61-65-76-70(75)64-60-56-52-48-44-38-16-14-12-10-8-6-4-2/h58,62,67-68,72-73H,3-57,59-61,63-66H2,1-2H3,(H,71,74)/b62-58+. The molecule has 76 heavy (non-hydrogen) atoms. The number of aliphatic hydroxyl groups excluding tert-OH is 2. The molecular weight excluding hydrogens is 935 g/mol. The van der Waals surface area contributed by atoms with Crippen LogP contribution in [0.3, 0.4) is 0 Å². The zero-order valence-electron chi connectivity index (χ0n) is 51.8. The van der Waals surface area contributed by atoms with Crippen molar-refractivity contribution in [3.8, 4) is 0 Å². The molecule has 1 amide bonds. The van der Waals surface area contributed by atoms with E-state index in [0.717, 1.165) is 38.5 Å². The minimum Gasteiger partial charge on any atom is -0.466 e. The molecule has 452 valence electrons. The van der Waals surface area contributed by atoms with Gasteiger partial charge in [0.2, 0.25) is 5.91 Å². The lowest BCUT2D eigenvalue weighted by Gasteiger charge is -2.20. The average Bonchev–Trinajstić information content (AvgIpc) is 3.42. The van der Waals surface area contributed by atoms with Crippen molar-refractivity contribution < 1.29 is 24.5 Å². The fourth-order valence-electron chi connectivity index (χ4n) is 11.2. The number of carbonyl (C=O) groups is 2. The number of ether oxygens (including phenoxy) is 1. The Kier molecular flexibility index (Phi) is 64.9. The second-order valence-electron chi connectivity index (χ2n) is 24.2. The van der Waals surface area contributed by atoms with Crippen LogP contribution in [0.15, 0.2) is 12.2 Å². The monoisotopic (exact) mass is 1070 g/mol. The maximum absolute atomic E-state index is 12.5. The first-order chi connectivity index (χ1) is 37.5. The van der Waals surface area contributed by atoms with Gasteiger partial charge in [0.15, 0.2) is 0 Å². The quantitative estimate of drug-likeness (QED) is 0.0320. The van der Waals surface area contributed by atoms with Gasteiger partial charge in [-0.3, -0.25) is 9.59 Å². The van der Waals surface area contributed by atoms with Gasteiger partial charge in [0.25, 0.3) is 0 Å². The molecule has 2 unspecified atom stereocenters. The number of allylic oxidation sites excluding steroid dienone is 1. The number of aliphatic hydroxyl groups is 2. The highest BCUT2D eigenvalue weighted by Crippen LogP contribution is 2.19. The molecular formula is C70H137NO5. The summed E-state index contributed by atoms with van der Waals surface area (Å²) in [4.78, 5) is 24.6. The first kappa shape index (κ1) is 74.6. The number of amides is 1. The van der Waals surface area contributed by atoms with Gasteiger partial charge in [-0.25, -0.2) is 0 Å². The fourth-order valence-corrected chi connectivity index (χ4v) is 11.2. The van der Waals surface area contributed by atoms with Crippen LogP contribution >= 0.6 is 0 Å². The van der Waals surface area contributed by atoms with E-state index in [9.17, 15) is 19.8 Å². The van der Waals surface area contributed by atoms with Crippen molar-refractivity contribution in [1.82, 2.24) is 5.32 Å². The molecule has 0 aromatic rings. The zero-order valence-corrected chi connectivity index (χ0v) is 51.8. The Labute approximate surface area is 476 Å². The maximum Gasteiger partial charge on any atom is 0.305 e. The Morgan fingerprint density at radius 2 is 0.605 bits per heavy atom. The lowest BCUT2D eigenvalue weighted by atomic mass is 10.0. The maximum atomic E-state index is 12.5. The Morgan fingerprint density at radius 1 is 0.355 bits per heavy atom. The molecule has 3 N–H and O–H groups in total. The smallest absolute Gasteiger partial charge is 0.305 e. The molecule has 0 spiro atoms. The third-order valence-corrected chi connectivity index (χ3v) is 16.6. The second-order valence-corrected chi connectivity index (χ2v) is 24.2. The van der Waals surface area contributed by atoms with E-state index < -0.39 is 12.1 Å². The van der Waals surface area contributed by atoms with Crippen LogP contribution in [0, 0.1) is 0 Å². The summed E-state index contributed by atoms with van der Waals surface area (Å²) in [5, 5.41) is 23.3.